The van der Waals surface area contributed by atoms with Crippen LogP contribution in [-0.4, -0.2) is 16.3 Å². The van der Waals surface area contributed by atoms with Crippen LogP contribution in [0, 0.1) is 0 Å². The van der Waals surface area contributed by atoms with E-state index in [0.717, 1.165) is 4.43 Å². The zero-order valence-corrected chi connectivity index (χ0v) is 7.23. The Labute approximate surface area is 72.2 Å². The van der Waals surface area contributed by atoms with Gasteiger partial charge in [0.2, 0.25) is 0 Å². The minimum Gasteiger partial charge on any atom is -0.120 e. The van der Waals surface area contributed by atoms with Gasteiger partial charge in [-0.2, -0.15) is 0 Å². The first kappa shape index (κ1) is 7.44. The molecule has 0 nitrogen and oxygen atoms in total. The topological polar surface area (TPSA) is 0 Å². The summed E-state index contributed by atoms with van der Waals surface area (Å²) in [6.45, 7) is 0. The van der Waals surface area contributed by atoms with Crippen LogP contribution in [0.3, 0.4) is 0 Å². The lowest BCUT2D eigenvalue weighted by Crippen LogP contribution is -2.02. The lowest BCUT2D eigenvalue weighted by Gasteiger charge is -1.97. The molecule has 0 aliphatic heterocycles. The summed E-state index contributed by atoms with van der Waals surface area (Å²) >= 11 is 13.9. The molecule has 0 saturated carbocycles. The molecule has 9 heavy (non-hydrogen) atoms. The van der Waals surface area contributed by atoms with Crippen molar-refractivity contribution in [2.45, 2.75) is 0 Å². The van der Waals surface area contributed by atoms with Crippen molar-refractivity contribution in [1.82, 2.24) is 0 Å². The maximum Gasteiger partial charge on any atom is 0.178 e. The van der Waals surface area contributed by atoms with Gasteiger partial charge in [-0.3, -0.25) is 0 Å². The second kappa shape index (κ2) is 2.95. The number of halogens is 2. The molecule has 1 aromatic carbocycles. The van der Waals surface area contributed by atoms with Gasteiger partial charge in [-0.05, 0) is 6.07 Å². The van der Waals surface area contributed by atoms with Gasteiger partial charge in [-0.1, -0.05) is 35.3 Å². The predicted molar refractivity (Wildman–Crippen MR) is 41.9 cm³/mol. The van der Waals surface area contributed by atoms with Gasteiger partial charge in [0.05, 0.1) is 5.02 Å². The minimum absolute atomic E-state index is 0.601. The molecule has 0 aliphatic carbocycles. The maximum absolute atomic E-state index is 5.72. The van der Waals surface area contributed by atoms with Crippen LogP contribution in [0.25, 0.3) is 0 Å². The van der Waals surface area contributed by atoms with Crippen LogP contribution >= 0.6 is 23.2 Å². The Balaban J connectivity index is 3.25. The van der Waals surface area contributed by atoms with E-state index in [2.05, 4.69) is 16.3 Å². The molecule has 1 aromatic rings. The van der Waals surface area contributed by atoms with Crippen molar-refractivity contribution < 1.29 is 0 Å². The molecule has 0 saturated heterocycles. The summed E-state index contributed by atoms with van der Waals surface area (Å²) in [5.74, 6) is 0. The predicted octanol–water partition coefficient (Wildman–Crippen LogP) is 1.79. The zero-order chi connectivity index (χ0) is 6.85. The summed E-state index contributed by atoms with van der Waals surface area (Å²) in [5.41, 5.74) is 0. The highest BCUT2D eigenvalue weighted by Crippen LogP contribution is 2.17. The fourth-order valence-electron chi connectivity index (χ4n) is 0.520. The number of hydrogen-bond acceptors (Lipinski definition) is 0. The second-order valence-corrected chi connectivity index (χ2v) is 3.05. The Morgan fingerprint density at radius 3 is 2.33 bits per heavy atom. The zero-order valence-electron chi connectivity index (χ0n) is 4.57. The van der Waals surface area contributed by atoms with Gasteiger partial charge in [-0.25, -0.2) is 0 Å². The van der Waals surface area contributed by atoms with Crippen molar-refractivity contribution in [3.8, 4) is 0 Å². The second-order valence-electron chi connectivity index (χ2n) is 1.64. The first-order valence-corrected chi connectivity index (χ1v) is 3.74. The van der Waals surface area contributed by atoms with Gasteiger partial charge in [0.15, 0.2) is 16.3 Å². The van der Waals surface area contributed by atoms with E-state index in [0.29, 0.717) is 10.0 Å². The summed E-state index contributed by atoms with van der Waals surface area (Å²) in [6.07, 6.45) is 0. The molecule has 44 valence electrons. The third-order valence-electron chi connectivity index (χ3n) is 0.981. The third kappa shape index (κ3) is 1.63. The van der Waals surface area contributed by atoms with E-state index >= 15 is 0 Å². The van der Waals surface area contributed by atoms with Crippen LogP contribution in [0.2, 0.25) is 10.0 Å². The number of benzene rings is 1. The van der Waals surface area contributed by atoms with Crippen molar-refractivity contribution in [2.75, 3.05) is 0 Å². The molecule has 0 amide bonds. The van der Waals surface area contributed by atoms with Gasteiger partial charge < -0.3 is 0 Å². The van der Waals surface area contributed by atoms with Crippen molar-refractivity contribution in [3.63, 3.8) is 0 Å². The van der Waals surface area contributed by atoms with E-state index in [4.69, 9.17) is 23.2 Å². The SMILES string of the molecule is [Al][c]1cccc(Cl)c1Cl. The Hall–Kier alpha value is 0.332. The average Bonchev–Trinajstić information content (AvgIpc) is 1.83. The molecule has 3 heteroatoms. The Morgan fingerprint density at radius 2 is 1.89 bits per heavy atom. The van der Waals surface area contributed by atoms with Crippen LogP contribution in [-0.2, 0) is 0 Å². The van der Waals surface area contributed by atoms with Crippen LogP contribution in [0.5, 0.6) is 0 Å². The highest BCUT2D eigenvalue weighted by molar-refractivity contribution is 6.50. The van der Waals surface area contributed by atoms with Crippen LogP contribution in [0.15, 0.2) is 18.2 Å². The summed E-state index contributed by atoms with van der Waals surface area (Å²) < 4.78 is 0.934. The quantitative estimate of drug-likeness (QED) is 0.524. The van der Waals surface area contributed by atoms with E-state index in [1.807, 2.05) is 12.1 Å². The van der Waals surface area contributed by atoms with E-state index in [1.54, 1.807) is 6.07 Å². The summed E-state index contributed by atoms with van der Waals surface area (Å²) in [4.78, 5) is 0. The van der Waals surface area contributed by atoms with Crippen molar-refractivity contribution >= 4 is 43.9 Å². The van der Waals surface area contributed by atoms with Gasteiger partial charge in [0, 0.05) is 5.02 Å². The average molecular weight is 173 g/mol. The molecule has 0 fully saturated rings. The van der Waals surface area contributed by atoms with Crippen LogP contribution in [0.1, 0.15) is 0 Å². The monoisotopic (exact) mass is 172 g/mol. The minimum atomic E-state index is 0.601. The highest BCUT2D eigenvalue weighted by atomic mass is 35.5. The van der Waals surface area contributed by atoms with Gasteiger partial charge in [0.1, 0.15) is 0 Å². The molecule has 0 unspecified atom stereocenters. The lowest BCUT2D eigenvalue weighted by molar-refractivity contribution is 1.76. The van der Waals surface area contributed by atoms with Crippen LogP contribution < -0.4 is 4.43 Å². The standard InChI is InChI=1S/C6H3Cl2.Al/c7-5-3-1-2-4-6(5)8;/h1-3H;. The lowest BCUT2D eigenvalue weighted by atomic mass is 10.4. The fourth-order valence-corrected chi connectivity index (χ4v) is 1.19. The summed E-state index contributed by atoms with van der Waals surface area (Å²) in [7, 11) is 0. The molecular formula is C6H3AlCl2. The molecule has 0 aliphatic rings. The van der Waals surface area contributed by atoms with E-state index < -0.39 is 0 Å². The molecule has 0 N–H and O–H groups in total. The summed E-state index contributed by atoms with van der Waals surface area (Å²) in [5, 5.41) is 1.22. The molecule has 1 rings (SSSR count). The molecule has 2 radical (unpaired) electrons. The van der Waals surface area contributed by atoms with Crippen molar-refractivity contribution in [3.05, 3.63) is 28.2 Å². The normalized spacial score (nSPS) is 9.56. The summed E-state index contributed by atoms with van der Waals surface area (Å²) in [6, 6.07) is 5.51. The van der Waals surface area contributed by atoms with Crippen molar-refractivity contribution in [2.24, 2.45) is 0 Å². The number of hydrogen-bond donors (Lipinski definition) is 0. The Bertz CT molecular complexity index is 202. The fraction of sp³-hybridized carbons (Fsp3) is 0. The van der Waals surface area contributed by atoms with Gasteiger partial charge in [-0.15, -0.1) is 4.43 Å². The Kier molecular flexibility index (Phi) is 2.43. The Morgan fingerprint density at radius 1 is 1.22 bits per heavy atom. The first-order chi connectivity index (χ1) is 4.22. The first-order valence-electron chi connectivity index (χ1n) is 2.41. The third-order valence-corrected chi connectivity index (χ3v) is 2.48. The van der Waals surface area contributed by atoms with Crippen LogP contribution in [0.4, 0.5) is 0 Å². The molecule has 0 aromatic heterocycles. The molecular weight excluding hydrogens is 170 g/mol. The molecule has 0 atom stereocenters. The van der Waals surface area contributed by atoms with Gasteiger partial charge in [0.25, 0.3) is 0 Å². The smallest absolute Gasteiger partial charge is 0.120 e. The maximum atomic E-state index is 5.72. The molecule has 0 bridgehead atoms. The largest absolute Gasteiger partial charge is 0.178 e. The molecule has 0 heterocycles. The van der Waals surface area contributed by atoms with E-state index in [9.17, 15) is 0 Å². The highest BCUT2D eigenvalue weighted by Gasteiger charge is 1.95. The van der Waals surface area contributed by atoms with E-state index in [-0.39, 0.29) is 0 Å². The van der Waals surface area contributed by atoms with Crippen molar-refractivity contribution in [1.29, 1.82) is 0 Å². The van der Waals surface area contributed by atoms with E-state index in [1.165, 1.54) is 0 Å². The number of rotatable bonds is 0. The molecule has 0 spiro atoms. The van der Waals surface area contributed by atoms with Gasteiger partial charge >= 0.3 is 0 Å².